The lowest BCUT2D eigenvalue weighted by Gasteiger charge is -2.06. The predicted octanol–water partition coefficient (Wildman–Crippen LogP) is 1.89. The number of alkyl halides is 2. The molecule has 1 rings (SSSR count). The van der Waals surface area contributed by atoms with Crippen LogP contribution in [0.4, 0.5) is 13.2 Å². The first-order valence-electron chi connectivity index (χ1n) is 3.57. The van der Waals surface area contributed by atoms with Gasteiger partial charge >= 0.3 is 6.61 Å². The number of ether oxygens (including phenoxy) is 1. The van der Waals surface area contributed by atoms with Crippen LogP contribution in [0.5, 0.6) is 5.75 Å². The summed E-state index contributed by atoms with van der Waals surface area (Å²) in [6.07, 6.45) is 0. The van der Waals surface area contributed by atoms with Crippen molar-refractivity contribution in [3.63, 3.8) is 0 Å². The Bertz CT molecular complexity index is 291. The van der Waals surface area contributed by atoms with Gasteiger partial charge in [0.25, 0.3) is 0 Å². The first-order chi connectivity index (χ1) is 6.13. The monoisotopic (exact) mass is 191 g/mol. The smallest absolute Gasteiger partial charge is 0.387 e. The molecular weight excluding hydrogens is 183 g/mol. The molecule has 1 aromatic carbocycles. The molecule has 0 aromatic heterocycles. The molecule has 0 radical (unpaired) electrons. The minimum absolute atomic E-state index is 0.159. The fraction of sp³-hybridized carbons (Fsp3) is 0.250. The zero-order valence-corrected chi connectivity index (χ0v) is 6.64. The average molecular weight is 191 g/mol. The topological polar surface area (TPSA) is 35.2 Å². The highest BCUT2D eigenvalue weighted by atomic mass is 19.3. The minimum atomic E-state index is -3.02. The second-order valence-corrected chi connectivity index (χ2v) is 2.35. The number of hydrogen-bond donors (Lipinski definition) is 1. The summed E-state index contributed by atoms with van der Waals surface area (Å²) in [5.41, 5.74) is 5.74. The first-order valence-corrected chi connectivity index (χ1v) is 3.57. The summed E-state index contributed by atoms with van der Waals surface area (Å²) in [4.78, 5) is 0. The molecule has 5 heteroatoms. The van der Waals surface area contributed by atoms with Gasteiger partial charge in [0.2, 0.25) is 0 Å². The van der Waals surface area contributed by atoms with Gasteiger partial charge in [-0.05, 0) is 17.7 Å². The van der Waals surface area contributed by atoms with Crippen LogP contribution in [0.15, 0.2) is 18.2 Å². The third kappa shape index (κ3) is 2.62. The lowest BCUT2D eigenvalue weighted by atomic mass is 10.2. The van der Waals surface area contributed by atoms with Gasteiger partial charge in [-0.3, -0.25) is 0 Å². The molecule has 2 nitrogen and oxygen atoms in total. The Kier molecular flexibility index (Phi) is 3.13. The molecule has 0 aliphatic heterocycles. The van der Waals surface area contributed by atoms with Crippen LogP contribution in [-0.4, -0.2) is 6.61 Å². The number of halogens is 3. The quantitative estimate of drug-likeness (QED) is 0.791. The fourth-order valence-corrected chi connectivity index (χ4v) is 0.863. The van der Waals surface area contributed by atoms with Gasteiger partial charge in [0.05, 0.1) is 0 Å². The molecule has 0 saturated carbocycles. The first kappa shape index (κ1) is 9.85. The molecular formula is C8H8F3NO. The van der Waals surface area contributed by atoms with Crippen LogP contribution < -0.4 is 10.5 Å². The van der Waals surface area contributed by atoms with Crippen LogP contribution >= 0.6 is 0 Å². The molecule has 1 aromatic rings. The number of rotatable bonds is 3. The Morgan fingerprint density at radius 2 is 2.08 bits per heavy atom. The van der Waals surface area contributed by atoms with Crippen molar-refractivity contribution in [2.45, 2.75) is 13.2 Å². The van der Waals surface area contributed by atoms with E-state index in [1.54, 1.807) is 0 Å². The summed E-state index contributed by atoms with van der Waals surface area (Å²) in [6, 6.07) is 3.63. The maximum Gasteiger partial charge on any atom is 0.387 e. The van der Waals surface area contributed by atoms with Gasteiger partial charge in [0, 0.05) is 6.54 Å². The van der Waals surface area contributed by atoms with Crippen LogP contribution in [0, 0.1) is 5.82 Å². The Morgan fingerprint density at radius 3 is 2.54 bits per heavy atom. The summed E-state index contributed by atoms with van der Waals surface area (Å²) >= 11 is 0. The SMILES string of the molecule is NCc1ccc(OC(F)F)c(F)c1. The van der Waals surface area contributed by atoms with E-state index in [1.165, 1.54) is 6.07 Å². The van der Waals surface area contributed by atoms with E-state index in [4.69, 9.17) is 5.73 Å². The zero-order chi connectivity index (χ0) is 9.84. The van der Waals surface area contributed by atoms with Crippen LogP contribution in [0.3, 0.4) is 0 Å². The van der Waals surface area contributed by atoms with Gasteiger partial charge in [-0.15, -0.1) is 0 Å². The highest BCUT2D eigenvalue weighted by Crippen LogP contribution is 2.19. The fourth-order valence-electron chi connectivity index (χ4n) is 0.863. The zero-order valence-electron chi connectivity index (χ0n) is 6.64. The van der Waals surface area contributed by atoms with Crippen molar-refractivity contribution in [2.24, 2.45) is 5.73 Å². The molecule has 0 spiro atoms. The van der Waals surface area contributed by atoms with Crippen molar-refractivity contribution in [1.82, 2.24) is 0 Å². The second kappa shape index (κ2) is 4.13. The van der Waals surface area contributed by atoms with Gasteiger partial charge in [0.15, 0.2) is 11.6 Å². The van der Waals surface area contributed by atoms with E-state index >= 15 is 0 Å². The molecule has 72 valence electrons. The van der Waals surface area contributed by atoms with E-state index in [2.05, 4.69) is 4.74 Å². The van der Waals surface area contributed by atoms with E-state index < -0.39 is 18.2 Å². The average Bonchev–Trinajstić information content (AvgIpc) is 2.08. The Balaban J connectivity index is 2.85. The summed E-state index contributed by atoms with van der Waals surface area (Å²) in [6.45, 7) is -2.86. The molecule has 0 atom stereocenters. The van der Waals surface area contributed by atoms with E-state index in [-0.39, 0.29) is 6.54 Å². The maximum atomic E-state index is 12.9. The van der Waals surface area contributed by atoms with Crippen molar-refractivity contribution in [3.8, 4) is 5.75 Å². The second-order valence-electron chi connectivity index (χ2n) is 2.35. The van der Waals surface area contributed by atoms with Crippen molar-refractivity contribution < 1.29 is 17.9 Å². The molecule has 0 aliphatic carbocycles. The van der Waals surface area contributed by atoms with Gasteiger partial charge in [-0.1, -0.05) is 6.07 Å². The third-order valence-electron chi connectivity index (χ3n) is 1.45. The molecule has 2 N–H and O–H groups in total. The molecule has 13 heavy (non-hydrogen) atoms. The highest BCUT2D eigenvalue weighted by molar-refractivity contribution is 5.29. The predicted molar refractivity (Wildman–Crippen MR) is 40.9 cm³/mol. The molecule has 0 bridgehead atoms. The summed E-state index contributed by atoms with van der Waals surface area (Å²) < 4.78 is 40.1. The normalized spacial score (nSPS) is 10.5. The van der Waals surface area contributed by atoms with Crippen LogP contribution in [0.2, 0.25) is 0 Å². The lowest BCUT2D eigenvalue weighted by molar-refractivity contribution is -0.0522. The molecule has 0 fully saturated rings. The van der Waals surface area contributed by atoms with E-state index in [1.807, 2.05) is 0 Å². The number of nitrogens with two attached hydrogens (primary N) is 1. The van der Waals surface area contributed by atoms with Crippen molar-refractivity contribution in [2.75, 3.05) is 0 Å². The van der Waals surface area contributed by atoms with E-state index in [0.717, 1.165) is 12.1 Å². The number of benzene rings is 1. The van der Waals surface area contributed by atoms with Crippen LogP contribution in [0.1, 0.15) is 5.56 Å². The van der Waals surface area contributed by atoms with E-state index in [0.29, 0.717) is 5.56 Å². The molecule has 0 amide bonds. The van der Waals surface area contributed by atoms with Gasteiger partial charge in [-0.2, -0.15) is 8.78 Å². The summed E-state index contributed by atoms with van der Waals surface area (Å²) in [5, 5.41) is 0. The van der Waals surface area contributed by atoms with Gasteiger partial charge in [0.1, 0.15) is 0 Å². The third-order valence-corrected chi connectivity index (χ3v) is 1.45. The Morgan fingerprint density at radius 1 is 1.38 bits per heavy atom. The highest BCUT2D eigenvalue weighted by Gasteiger charge is 2.09. The van der Waals surface area contributed by atoms with Crippen molar-refractivity contribution in [1.29, 1.82) is 0 Å². The Hall–Kier alpha value is -1.23. The lowest BCUT2D eigenvalue weighted by Crippen LogP contribution is -2.04. The standard InChI is InChI=1S/C8H8F3NO/c9-6-3-5(4-12)1-2-7(6)13-8(10)11/h1-3,8H,4,12H2. The largest absolute Gasteiger partial charge is 0.432 e. The molecule has 0 aliphatic rings. The Labute approximate surface area is 73.1 Å². The van der Waals surface area contributed by atoms with Gasteiger partial charge < -0.3 is 10.5 Å². The summed E-state index contributed by atoms with van der Waals surface area (Å²) in [5.74, 6) is -1.30. The van der Waals surface area contributed by atoms with E-state index in [9.17, 15) is 13.2 Å². The maximum absolute atomic E-state index is 12.9. The number of hydrogen-bond acceptors (Lipinski definition) is 2. The molecule has 0 saturated heterocycles. The summed E-state index contributed by atoms with van der Waals surface area (Å²) in [7, 11) is 0. The van der Waals surface area contributed by atoms with Crippen LogP contribution in [-0.2, 0) is 6.54 Å². The minimum Gasteiger partial charge on any atom is -0.432 e. The molecule has 0 heterocycles. The van der Waals surface area contributed by atoms with Crippen molar-refractivity contribution in [3.05, 3.63) is 29.6 Å². The van der Waals surface area contributed by atoms with Gasteiger partial charge in [-0.25, -0.2) is 4.39 Å². The van der Waals surface area contributed by atoms with Crippen molar-refractivity contribution >= 4 is 0 Å². The van der Waals surface area contributed by atoms with Crippen LogP contribution in [0.25, 0.3) is 0 Å². The molecule has 0 unspecified atom stereocenters.